The Labute approximate surface area is 73.6 Å². The maximum Gasteiger partial charge on any atom is 0.343 e. The van der Waals surface area contributed by atoms with E-state index >= 15 is 0 Å². The number of tetrazole rings is 1. The van der Waals surface area contributed by atoms with Crippen molar-refractivity contribution in [1.29, 1.82) is 0 Å². The number of hydrogen-bond donors (Lipinski definition) is 0. The topological polar surface area (TPSA) is 104 Å². The van der Waals surface area contributed by atoms with Gasteiger partial charge in [0.05, 0.1) is 6.26 Å². The molecule has 0 amide bonds. The van der Waals surface area contributed by atoms with E-state index in [2.05, 4.69) is 19.7 Å². The van der Waals surface area contributed by atoms with Crippen molar-refractivity contribution in [2.75, 3.05) is 6.26 Å². The molecule has 0 bridgehead atoms. The first-order chi connectivity index (χ1) is 5.97. The van der Waals surface area contributed by atoms with Crippen LogP contribution in [0.4, 0.5) is 0 Å². The molecule has 0 spiro atoms. The van der Waals surface area contributed by atoms with E-state index in [1.165, 1.54) is 6.33 Å². The molecule has 0 fully saturated rings. The van der Waals surface area contributed by atoms with Gasteiger partial charge < -0.3 is 4.18 Å². The van der Waals surface area contributed by atoms with Gasteiger partial charge in [-0.15, -0.1) is 5.10 Å². The molecule has 1 heterocycles. The molecule has 13 heavy (non-hydrogen) atoms. The highest BCUT2D eigenvalue weighted by molar-refractivity contribution is 7.86. The van der Waals surface area contributed by atoms with Crippen LogP contribution >= 0.6 is 0 Å². The van der Waals surface area contributed by atoms with Crippen LogP contribution in [0.2, 0.25) is 0 Å². The lowest BCUT2D eigenvalue weighted by molar-refractivity contribution is -0.134. The molecule has 9 heteroatoms. The summed E-state index contributed by atoms with van der Waals surface area (Å²) in [5.41, 5.74) is 0. The fourth-order valence-corrected chi connectivity index (χ4v) is 0.971. The minimum Gasteiger partial charge on any atom is -0.344 e. The predicted octanol–water partition coefficient (Wildman–Crippen LogP) is -1.82. The third-order valence-electron chi connectivity index (χ3n) is 0.927. The molecule has 72 valence electrons. The first-order valence-corrected chi connectivity index (χ1v) is 4.92. The second kappa shape index (κ2) is 3.47. The van der Waals surface area contributed by atoms with Crippen molar-refractivity contribution in [2.24, 2.45) is 0 Å². The molecule has 0 aromatic carbocycles. The zero-order chi connectivity index (χ0) is 9.90. The molecule has 1 aromatic rings. The quantitative estimate of drug-likeness (QED) is 0.536. The summed E-state index contributed by atoms with van der Waals surface area (Å²) in [6.07, 6.45) is 1.95. The normalized spacial score (nSPS) is 11.2. The van der Waals surface area contributed by atoms with Gasteiger partial charge in [-0.2, -0.15) is 8.42 Å². The maximum absolute atomic E-state index is 10.8. The van der Waals surface area contributed by atoms with Gasteiger partial charge >= 0.3 is 16.1 Å². The van der Waals surface area contributed by atoms with Crippen molar-refractivity contribution in [1.82, 2.24) is 20.2 Å². The van der Waals surface area contributed by atoms with Crippen LogP contribution in [0.25, 0.3) is 0 Å². The number of carbonyl (C=O) groups excluding carboxylic acids is 1. The van der Waals surface area contributed by atoms with Crippen molar-refractivity contribution < 1.29 is 17.4 Å². The number of hydrogen-bond acceptors (Lipinski definition) is 7. The summed E-state index contributed by atoms with van der Waals surface area (Å²) in [5.74, 6) is -0.935. The zero-order valence-electron chi connectivity index (χ0n) is 6.61. The Hall–Kier alpha value is -1.51. The first-order valence-electron chi connectivity index (χ1n) is 3.10. The van der Waals surface area contributed by atoms with Gasteiger partial charge in [-0.25, -0.2) is 9.48 Å². The van der Waals surface area contributed by atoms with E-state index < -0.39 is 16.1 Å². The second-order valence-electron chi connectivity index (χ2n) is 2.17. The zero-order valence-corrected chi connectivity index (χ0v) is 7.43. The minimum atomic E-state index is -3.76. The maximum atomic E-state index is 10.8. The number of rotatable bonds is 3. The van der Waals surface area contributed by atoms with E-state index in [-0.39, 0.29) is 6.54 Å². The summed E-state index contributed by atoms with van der Waals surface area (Å²) < 4.78 is 26.0. The molecule has 0 N–H and O–H groups in total. The van der Waals surface area contributed by atoms with Crippen LogP contribution in [0.15, 0.2) is 6.33 Å². The predicted molar refractivity (Wildman–Crippen MR) is 38.8 cm³/mol. The van der Waals surface area contributed by atoms with Gasteiger partial charge in [0, 0.05) is 0 Å². The molecule has 0 aliphatic carbocycles. The Bertz CT molecular complexity index is 382. The molecule has 0 atom stereocenters. The van der Waals surface area contributed by atoms with E-state index in [4.69, 9.17) is 0 Å². The summed E-state index contributed by atoms with van der Waals surface area (Å²) in [6, 6.07) is 0. The molecule has 0 radical (unpaired) electrons. The number of carbonyl (C=O) groups is 1. The summed E-state index contributed by atoms with van der Waals surface area (Å²) >= 11 is 0. The van der Waals surface area contributed by atoms with Gasteiger partial charge in [-0.1, -0.05) is 0 Å². The van der Waals surface area contributed by atoms with E-state index in [0.717, 1.165) is 10.9 Å². The van der Waals surface area contributed by atoms with Crippen molar-refractivity contribution in [2.45, 2.75) is 6.54 Å². The fraction of sp³-hybridized carbons (Fsp3) is 0.500. The van der Waals surface area contributed by atoms with E-state index in [9.17, 15) is 13.2 Å². The highest BCUT2D eigenvalue weighted by atomic mass is 32.2. The third kappa shape index (κ3) is 3.60. The van der Waals surface area contributed by atoms with Crippen molar-refractivity contribution >= 4 is 16.1 Å². The Morgan fingerprint density at radius 1 is 1.62 bits per heavy atom. The first kappa shape index (κ1) is 9.58. The lowest BCUT2D eigenvalue weighted by atomic mass is 10.7. The van der Waals surface area contributed by atoms with Crippen LogP contribution < -0.4 is 0 Å². The van der Waals surface area contributed by atoms with Crippen molar-refractivity contribution in [3.05, 3.63) is 6.33 Å². The molecular weight excluding hydrogens is 200 g/mol. The SMILES string of the molecule is CS(=O)(=O)OC(=O)Cn1cnnn1. The highest BCUT2D eigenvalue weighted by Crippen LogP contribution is 1.90. The van der Waals surface area contributed by atoms with Crippen LogP contribution in [0, 0.1) is 0 Å². The third-order valence-corrected chi connectivity index (χ3v) is 1.42. The minimum absolute atomic E-state index is 0.333. The second-order valence-corrected chi connectivity index (χ2v) is 3.74. The Kier molecular flexibility index (Phi) is 2.56. The average Bonchev–Trinajstić information content (AvgIpc) is 2.34. The van der Waals surface area contributed by atoms with Gasteiger partial charge in [-0.05, 0) is 10.4 Å². The van der Waals surface area contributed by atoms with Crippen LogP contribution in [0.5, 0.6) is 0 Å². The monoisotopic (exact) mass is 206 g/mol. The lowest BCUT2D eigenvalue weighted by Crippen LogP contribution is -2.17. The van der Waals surface area contributed by atoms with Crippen molar-refractivity contribution in [3.8, 4) is 0 Å². The highest BCUT2D eigenvalue weighted by Gasteiger charge is 2.11. The Morgan fingerprint density at radius 3 is 2.77 bits per heavy atom. The average molecular weight is 206 g/mol. The van der Waals surface area contributed by atoms with Crippen LogP contribution in [0.3, 0.4) is 0 Å². The summed E-state index contributed by atoms with van der Waals surface area (Å²) in [4.78, 5) is 10.8. The molecule has 1 rings (SSSR count). The lowest BCUT2D eigenvalue weighted by Gasteiger charge is -1.99. The molecule has 0 saturated carbocycles. The number of aromatic nitrogens is 4. The molecule has 0 aliphatic rings. The molecule has 1 aromatic heterocycles. The molecular formula is C4H6N4O4S. The van der Waals surface area contributed by atoms with Gasteiger partial charge in [0.25, 0.3) is 0 Å². The fourth-order valence-electron chi connectivity index (χ4n) is 0.580. The van der Waals surface area contributed by atoms with Gasteiger partial charge in [-0.3, -0.25) is 0 Å². The van der Waals surface area contributed by atoms with E-state index in [1.807, 2.05) is 0 Å². The van der Waals surface area contributed by atoms with E-state index in [0.29, 0.717) is 0 Å². The van der Waals surface area contributed by atoms with Crippen LogP contribution in [-0.2, 0) is 25.6 Å². The van der Waals surface area contributed by atoms with Crippen LogP contribution in [-0.4, -0.2) is 40.9 Å². The molecule has 0 unspecified atom stereocenters. The Morgan fingerprint density at radius 2 is 2.31 bits per heavy atom. The largest absolute Gasteiger partial charge is 0.344 e. The Balaban J connectivity index is 2.53. The van der Waals surface area contributed by atoms with Gasteiger partial charge in [0.1, 0.15) is 12.9 Å². The summed E-state index contributed by atoms with van der Waals surface area (Å²) in [7, 11) is -3.76. The molecule has 0 aliphatic heterocycles. The van der Waals surface area contributed by atoms with Crippen LogP contribution in [0.1, 0.15) is 0 Å². The van der Waals surface area contributed by atoms with Crippen molar-refractivity contribution in [3.63, 3.8) is 0 Å². The number of nitrogens with zero attached hydrogens (tertiary/aromatic N) is 4. The smallest absolute Gasteiger partial charge is 0.343 e. The summed E-state index contributed by atoms with van der Waals surface area (Å²) in [5, 5.41) is 9.84. The van der Waals surface area contributed by atoms with Gasteiger partial charge in [0.2, 0.25) is 0 Å². The summed E-state index contributed by atoms with van der Waals surface area (Å²) in [6.45, 7) is -0.333. The van der Waals surface area contributed by atoms with Gasteiger partial charge in [0.15, 0.2) is 0 Å². The molecule has 8 nitrogen and oxygen atoms in total. The van der Waals surface area contributed by atoms with E-state index in [1.54, 1.807) is 0 Å². The molecule has 0 saturated heterocycles. The standard InChI is InChI=1S/C4H6N4O4S/c1-13(10,11)12-4(9)2-8-3-5-6-7-8/h3H,2H2,1H3.